The van der Waals surface area contributed by atoms with Crippen molar-refractivity contribution in [2.45, 2.75) is 12.8 Å². The Labute approximate surface area is 71.3 Å². The van der Waals surface area contributed by atoms with Gasteiger partial charge < -0.3 is 4.90 Å². The van der Waals surface area contributed by atoms with Gasteiger partial charge in [0.05, 0.1) is 10.6 Å². The van der Waals surface area contributed by atoms with Gasteiger partial charge in [-0.05, 0) is 12.8 Å². The molecule has 0 N–H and O–H groups in total. The zero-order valence-electron chi connectivity index (χ0n) is 6.90. The predicted molar refractivity (Wildman–Crippen MR) is 46.1 cm³/mol. The molecule has 1 heterocycles. The first kappa shape index (κ1) is 8.77. The number of rotatable bonds is 3. The standard InChI is InChI=1S/C8H12N2O2/c1-2-5-9-6-3-4-8(9)7-10(11)12/h2,7H,1,3-6H2/b8-7+. The van der Waals surface area contributed by atoms with E-state index in [1.54, 1.807) is 6.08 Å². The van der Waals surface area contributed by atoms with Crippen LogP contribution in [0.5, 0.6) is 0 Å². The van der Waals surface area contributed by atoms with Gasteiger partial charge in [-0.1, -0.05) is 6.08 Å². The normalized spacial score (nSPS) is 20.0. The van der Waals surface area contributed by atoms with Crippen LogP contribution in [0.25, 0.3) is 0 Å². The van der Waals surface area contributed by atoms with Crippen molar-refractivity contribution < 1.29 is 4.92 Å². The Morgan fingerprint density at radius 1 is 1.75 bits per heavy atom. The molecule has 0 spiro atoms. The third-order valence-corrected chi connectivity index (χ3v) is 1.87. The zero-order chi connectivity index (χ0) is 8.97. The molecule has 0 amide bonds. The second-order valence-corrected chi connectivity index (χ2v) is 2.74. The molecule has 0 aliphatic carbocycles. The van der Waals surface area contributed by atoms with Gasteiger partial charge in [0.2, 0.25) is 0 Å². The summed E-state index contributed by atoms with van der Waals surface area (Å²) < 4.78 is 0. The Balaban J connectivity index is 2.62. The largest absolute Gasteiger partial charge is 0.366 e. The first-order valence-corrected chi connectivity index (χ1v) is 3.94. The van der Waals surface area contributed by atoms with Crippen molar-refractivity contribution in [1.82, 2.24) is 4.90 Å². The average molecular weight is 168 g/mol. The molecule has 0 radical (unpaired) electrons. The van der Waals surface area contributed by atoms with Crippen LogP contribution in [0.4, 0.5) is 0 Å². The van der Waals surface area contributed by atoms with Crippen LogP contribution in [-0.4, -0.2) is 22.9 Å². The molecule has 1 fully saturated rings. The summed E-state index contributed by atoms with van der Waals surface area (Å²) in [5.74, 6) is 0. The van der Waals surface area contributed by atoms with E-state index in [1.807, 2.05) is 4.90 Å². The van der Waals surface area contributed by atoms with Crippen molar-refractivity contribution in [3.05, 3.63) is 34.7 Å². The highest BCUT2D eigenvalue weighted by molar-refractivity contribution is 5.03. The van der Waals surface area contributed by atoms with Crippen LogP contribution < -0.4 is 0 Å². The molecule has 0 saturated carbocycles. The molecule has 0 aromatic heterocycles. The SMILES string of the molecule is C=CCN1CCC/C1=C\[N+](=O)[O-]. The highest BCUT2D eigenvalue weighted by Crippen LogP contribution is 2.19. The quantitative estimate of drug-likeness (QED) is 0.363. The van der Waals surface area contributed by atoms with E-state index < -0.39 is 4.92 Å². The fraction of sp³-hybridized carbons (Fsp3) is 0.500. The van der Waals surface area contributed by atoms with Gasteiger partial charge in [0, 0.05) is 13.1 Å². The van der Waals surface area contributed by atoms with Gasteiger partial charge in [-0.15, -0.1) is 6.58 Å². The average Bonchev–Trinajstić information content (AvgIpc) is 2.37. The van der Waals surface area contributed by atoms with E-state index in [2.05, 4.69) is 6.58 Å². The molecule has 0 bridgehead atoms. The third-order valence-electron chi connectivity index (χ3n) is 1.87. The summed E-state index contributed by atoms with van der Waals surface area (Å²) in [6.07, 6.45) is 4.68. The Bertz CT molecular complexity index is 223. The lowest BCUT2D eigenvalue weighted by Crippen LogP contribution is -2.17. The fourth-order valence-electron chi connectivity index (χ4n) is 1.39. The Kier molecular flexibility index (Phi) is 2.85. The minimum absolute atomic E-state index is 0.392. The van der Waals surface area contributed by atoms with Crippen molar-refractivity contribution in [2.24, 2.45) is 0 Å². The molecule has 1 aliphatic heterocycles. The molecule has 0 aromatic rings. The van der Waals surface area contributed by atoms with Gasteiger partial charge >= 0.3 is 0 Å². The number of hydrogen-bond donors (Lipinski definition) is 0. The molecule has 0 atom stereocenters. The van der Waals surface area contributed by atoms with Gasteiger partial charge in [-0.2, -0.15) is 0 Å². The van der Waals surface area contributed by atoms with Crippen molar-refractivity contribution in [2.75, 3.05) is 13.1 Å². The third kappa shape index (κ3) is 2.08. The molecule has 0 aromatic carbocycles. The summed E-state index contributed by atoms with van der Waals surface area (Å²) in [6, 6.07) is 0. The van der Waals surface area contributed by atoms with Crippen LogP contribution >= 0.6 is 0 Å². The first-order valence-electron chi connectivity index (χ1n) is 3.94. The Hall–Kier alpha value is -1.32. The number of nitrogens with zero attached hydrogens (tertiary/aromatic N) is 2. The lowest BCUT2D eigenvalue weighted by Gasteiger charge is -2.14. The summed E-state index contributed by atoms with van der Waals surface area (Å²) in [4.78, 5) is 11.8. The molecule has 1 saturated heterocycles. The van der Waals surface area contributed by atoms with Crippen molar-refractivity contribution in [3.8, 4) is 0 Å². The van der Waals surface area contributed by atoms with E-state index in [1.165, 1.54) is 0 Å². The van der Waals surface area contributed by atoms with Crippen molar-refractivity contribution in [3.63, 3.8) is 0 Å². The van der Waals surface area contributed by atoms with E-state index in [0.29, 0.717) is 6.54 Å². The summed E-state index contributed by atoms with van der Waals surface area (Å²) in [7, 11) is 0. The Morgan fingerprint density at radius 3 is 3.08 bits per heavy atom. The number of hydrogen-bond acceptors (Lipinski definition) is 3. The number of nitro groups is 1. The maximum atomic E-state index is 10.2. The smallest absolute Gasteiger partial charge is 0.253 e. The van der Waals surface area contributed by atoms with E-state index in [-0.39, 0.29) is 0 Å². The van der Waals surface area contributed by atoms with Gasteiger partial charge in [0.15, 0.2) is 0 Å². The maximum absolute atomic E-state index is 10.2. The molecule has 4 nitrogen and oxygen atoms in total. The first-order chi connectivity index (χ1) is 5.74. The van der Waals surface area contributed by atoms with Gasteiger partial charge in [-0.25, -0.2) is 0 Å². The van der Waals surface area contributed by atoms with Crippen LogP contribution in [-0.2, 0) is 0 Å². The molecule has 1 rings (SSSR count). The van der Waals surface area contributed by atoms with Gasteiger partial charge in [-0.3, -0.25) is 10.1 Å². The van der Waals surface area contributed by atoms with Crippen LogP contribution in [0, 0.1) is 10.1 Å². The molecule has 1 aliphatic rings. The topological polar surface area (TPSA) is 46.4 Å². The highest BCUT2D eigenvalue weighted by Gasteiger charge is 2.17. The van der Waals surface area contributed by atoms with Crippen molar-refractivity contribution >= 4 is 0 Å². The molecule has 12 heavy (non-hydrogen) atoms. The van der Waals surface area contributed by atoms with Crippen LogP contribution in [0.15, 0.2) is 24.6 Å². The zero-order valence-corrected chi connectivity index (χ0v) is 6.90. The summed E-state index contributed by atoms with van der Waals surface area (Å²) in [5.41, 5.74) is 0.819. The van der Waals surface area contributed by atoms with Gasteiger partial charge in [0.1, 0.15) is 0 Å². The van der Waals surface area contributed by atoms with E-state index in [4.69, 9.17) is 0 Å². The molecule has 66 valence electrons. The molecule has 0 unspecified atom stereocenters. The monoisotopic (exact) mass is 168 g/mol. The molecular weight excluding hydrogens is 156 g/mol. The highest BCUT2D eigenvalue weighted by atomic mass is 16.6. The molecular formula is C8H12N2O2. The Morgan fingerprint density at radius 2 is 2.50 bits per heavy atom. The number of allylic oxidation sites excluding steroid dienone is 1. The minimum Gasteiger partial charge on any atom is -0.366 e. The lowest BCUT2D eigenvalue weighted by atomic mass is 10.3. The minimum atomic E-state index is -0.392. The summed E-state index contributed by atoms with van der Waals surface area (Å²) in [6.45, 7) is 5.22. The fourth-order valence-corrected chi connectivity index (χ4v) is 1.39. The summed E-state index contributed by atoms with van der Waals surface area (Å²) in [5, 5.41) is 10.2. The van der Waals surface area contributed by atoms with E-state index >= 15 is 0 Å². The van der Waals surface area contributed by atoms with Crippen LogP contribution in [0.1, 0.15) is 12.8 Å². The van der Waals surface area contributed by atoms with E-state index in [0.717, 1.165) is 31.3 Å². The number of likely N-dealkylation sites (tertiary alicyclic amines) is 1. The second kappa shape index (κ2) is 3.90. The molecule has 4 heteroatoms. The lowest BCUT2D eigenvalue weighted by molar-refractivity contribution is -0.404. The predicted octanol–water partition coefficient (Wildman–Crippen LogP) is 1.39. The van der Waals surface area contributed by atoms with Crippen LogP contribution in [0.3, 0.4) is 0 Å². The summed E-state index contributed by atoms with van der Waals surface area (Å²) >= 11 is 0. The van der Waals surface area contributed by atoms with Crippen molar-refractivity contribution in [1.29, 1.82) is 0 Å². The van der Waals surface area contributed by atoms with Gasteiger partial charge in [0.25, 0.3) is 6.20 Å². The van der Waals surface area contributed by atoms with E-state index in [9.17, 15) is 10.1 Å². The second-order valence-electron chi connectivity index (χ2n) is 2.74. The maximum Gasteiger partial charge on any atom is 0.253 e. The van der Waals surface area contributed by atoms with Crippen LogP contribution in [0.2, 0.25) is 0 Å².